The second-order valence-corrected chi connectivity index (χ2v) is 6.93. The smallest absolute Gasteiger partial charge is 0.310 e. The number of rotatable bonds is 9. The Morgan fingerprint density at radius 1 is 1.03 bits per heavy atom. The van der Waals surface area contributed by atoms with Gasteiger partial charge in [-0.3, -0.25) is 14.6 Å². The number of benzene rings is 2. The zero-order valence-corrected chi connectivity index (χ0v) is 16.8. The van der Waals surface area contributed by atoms with Crippen molar-refractivity contribution < 1.29 is 23.1 Å². The summed E-state index contributed by atoms with van der Waals surface area (Å²) in [5.74, 6) is -1.28. The summed E-state index contributed by atoms with van der Waals surface area (Å²) in [6, 6.07) is 13.9. The molecule has 3 rings (SSSR count). The van der Waals surface area contributed by atoms with Gasteiger partial charge in [-0.25, -0.2) is 8.78 Å². The van der Waals surface area contributed by atoms with Crippen LogP contribution in [0.5, 0.6) is 0 Å². The molecule has 0 amide bonds. The third-order valence-electron chi connectivity index (χ3n) is 4.79. The van der Waals surface area contributed by atoms with Crippen molar-refractivity contribution in [3.63, 3.8) is 0 Å². The molecule has 1 heterocycles. The first kappa shape index (κ1) is 22.2. The Balaban J connectivity index is 1.87. The van der Waals surface area contributed by atoms with Gasteiger partial charge in [0.2, 0.25) is 0 Å². The fourth-order valence-electron chi connectivity index (χ4n) is 3.24. The van der Waals surface area contributed by atoms with Gasteiger partial charge in [0.15, 0.2) is 5.78 Å². The molecular weight excluding hydrogens is 402 g/mol. The number of ketones is 1. The predicted molar refractivity (Wildman–Crippen MR) is 113 cm³/mol. The molecule has 5 nitrogen and oxygen atoms in total. The van der Waals surface area contributed by atoms with Crippen molar-refractivity contribution in [3.8, 4) is 11.1 Å². The quantitative estimate of drug-likeness (QED) is 0.417. The Morgan fingerprint density at radius 2 is 1.87 bits per heavy atom. The number of hydrogen-bond acceptors (Lipinski definition) is 5. The van der Waals surface area contributed by atoms with Crippen LogP contribution in [0.4, 0.5) is 8.78 Å². The molecule has 0 spiro atoms. The van der Waals surface area contributed by atoms with Crippen LogP contribution in [-0.4, -0.2) is 30.0 Å². The summed E-state index contributed by atoms with van der Waals surface area (Å²) in [6.07, 6.45) is 2.44. The lowest BCUT2D eigenvalue weighted by Gasteiger charge is -2.12. The first-order chi connectivity index (χ1) is 15.0. The number of ether oxygens (including phenoxy) is 1. The molecule has 7 heteroatoms. The van der Waals surface area contributed by atoms with E-state index >= 15 is 0 Å². The minimum absolute atomic E-state index is 0.00569. The third kappa shape index (κ3) is 5.79. The predicted octanol–water partition coefficient (Wildman–Crippen LogP) is 3.83. The summed E-state index contributed by atoms with van der Waals surface area (Å²) in [5, 5.41) is 0. The number of nitrogens with two attached hydrogens (primary N) is 1. The van der Waals surface area contributed by atoms with Crippen LogP contribution in [0.1, 0.15) is 27.0 Å². The van der Waals surface area contributed by atoms with E-state index in [0.717, 1.165) is 22.9 Å². The minimum atomic E-state index is -0.726. The number of alkyl halides is 1. The lowest BCUT2D eigenvalue weighted by molar-refractivity contribution is -0.143. The Morgan fingerprint density at radius 3 is 2.61 bits per heavy atom. The van der Waals surface area contributed by atoms with Gasteiger partial charge in [-0.2, -0.15) is 0 Å². The third-order valence-corrected chi connectivity index (χ3v) is 4.79. The Hall–Kier alpha value is -3.45. The van der Waals surface area contributed by atoms with Crippen LogP contribution < -0.4 is 5.73 Å². The molecule has 2 N–H and O–H groups in total. The van der Waals surface area contributed by atoms with E-state index in [2.05, 4.69) is 4.98 Å². The molecule has 3 aromatic rings. The van der Waals surface area contributed by atoms with E-state index in [0.29, 0.717) is 11.1 Å². The summed E-state index contributed by atoms with van der Waals surface area (Å²) >= 11 is 0. The van der Waals surface area contributed by atoms with E-state index in [1.54, 1.807) is 30.3 Å². The normalized spacial score (nSPS) is 10.7. The summed E-state index contributed by atoms with van der Waals surface area (Å²) in [7, 11) is 0. The monoisotopic (exact) mass is 424 g/mol. The van der Waals surface area contributed by atoms with E-state index in [-0.39, 0.29) is 37.3 Å². The average Bonchev–Trinajstić information content (AvgIpc) is 2.79. The molecule has 0 bridgehead atoms. The zero-order valence-electron chi connectivity index (χ0n) is 16.8. The Labute approximate surface area is 178 Å². The van der Waals surface area contributed by atoms with Gasteiger partial charge in [0.25, 0.3) is 0 Å². The number of esters is 1. The van der Waals surface area contributed by atoms with Crippen LogP contribution in [0.15, 0.2) is 60.9 Å². The van der Waals surface area contributed by atoms with Crippen molar-refractivity contribution in [2.24, 2.45) is 5.73 Å². The van der Waals surface area contributed by atoms with Crippen LogP contribution in [0, 0.1) is 5.82 Å². The van der Waals surface area contributed by atoms with Gasteiger partial charge < -0.3 is 10.5 Å². The topological polar surface area (TPSA) is 82.3 Å². The van der Waals surface area contributed by atoms with Crippen molar-refractivity contribution in [1.82, 2.24) is 4.98 Å². The molecule has 0 radical (unpaired) electrons. The van der Waals surface area contributed by atoms with Gasteiger partial charge in [0, 0.05) is 24.7 Å². The van der Waals surface area contributed by atoms with Gasteiger partial charge >= 0.3 is 5.97 Å². The molecular formula is C24H22F2N2O3. The summed E-state index contributed by atoms with van der Waals surface area (Å²) in [6.45, 7) is -0.737. The number of pyridine rings is 1. The van der Waals surface area contributed by atoms with Crippen molar-refractivity contribution in [2.45, 2.75) is 19.4 Å². The van der Waals surface area contributed by atoms with Crippen molar-refractivity contribution in [3.05, 3.63) is 89.0 Å². The van der Waals surface area contributed by atoms with E-state index in [1.165, 1.54) is 12.3 Å². The lowest BCUT2D eigenvalue weighted by atomic mass is 9.93. The van der Waals surface area contributed by atoms with Crippen LogP contribution in [0.3, 0.4) is 0 Å². The minimum Gasteiger partial charge on any atom is -0.463 e. The molecule has 160 valence electrons. The van der Waals surface area contributed by atoms with Crippen molar-refractivity contribution in [1.29, 1.82) is 0 Å². The number of Topliss-reactive ketones (excluding diaryl/α,β-unsaturated/α-hetero) is 1. The molecule has 2 aromatic carbocycles. The molecule has 0 unspecified atom stereocenters. The molecule has 1 aromatic heterocycles. The van der Waals surface area contributed by atoms with E-state index in [1.807, 2.05) is 12.1 Å². The maximum Gasteiger partial charge on any atom is 0.310 e. The van der Waals surface area contributed by atoms with Crippen LogP contribution >= 0.6 is 0 Å². The number of carbonyl (C=O) groups is 2. The Kier molecular flexibility index (Phi) is 7.56. The molecule has 0 aliphatic heterocycles. The Bertz CT molecular complexity index is 1090. The summed E-state index contributed by atoms with van der Waals surface area (Å²) in [5.41, 5.74) is 9.63. The van der Waals surface area contributed by atoms with Gasteiger partial charge in [-0.05, 0) is 39.9 Å². The van der Waals surface area contributed by atoms with Gasteiger partial charge in [0.1, 0.15) is 19.1 Å². The number of aromatic nitrogens is 1. The van der Waals surface area contributed by atoms with Crippen LogP contribution in [-0.2, 0) is 28.9 Å². The second-order valence-electron chi connectivity index (χ2n) is 6.93. The first-order valence-corrected chi connectivity index (χ1v) is 9.77. The molecule has 0 fully saturated rings. The summed E-state index contributed by atoms with van der Waals surface area (Å²) in [4.78, 5) is 28.2. The van der Waals surface area contributed by atoms with Gasteiger partial charge in [0.05, 0.1) is 12.6 Å². The lowest BCUT2D eigenvalue weighted by Crippen LogP contribution is -2.10. The van der Waals surface area contributed by atoms with E-state index < -0.39 is 18.5 Å². The molecule has 0 saturated heterocycles. The highest BCUT2D eigenvalue weighted by Gasteiger charge is 2.14. The highest BCUT2D eigenvalue weighted by molar-refractivity contribution is 5.98. The summed E-state index contributed by atoms with van der Waals surface area (Å²) < 4.78 is 30.8. The molecule has 0 atom stereocenters. The van der Waals surface area contributed by atoms with Gasteiger partial charge in [-0.15, -0.1) is 0 Å². The largest absolute Gasteiger partial charge is 0.463 e. The number of hydrogen-bond donors (Lipinski definition) is 1. The zero-order chi connectivity index (χ0) is 22.2. The number of nitrogens with zero attached hydrogens (tertiary/aromatic N) is 1. The standard InChI is InChI=1S/C24H22F2N2O3/c25-7-9-31-24(30)11-16-2-1-3-17(10-16)21-12-19(4-5-20(21)14-27)23(29)13-18-6-8-28-15-22(18)26/h1-6,8,10,12,15H,7,9,11,13-14,27H2. The molecule has 0 aliphatic carbocycles. The molecule has 0 saturated carbocycles. The maximum absolute atomic E-state index is 13.9. The van der Waals surface area contributed by atoms with E-state index in [9.17, 15) is 18.4 Å². The second kappa shape index (κ2) is 10.5. The van der Waals surface area contributed by atoms with Crippen molar-refractivity contribution in [2.75, 3.05) is 13.3 Å². The van der Waals surface area contributed by atoms with Crippen LogP contribution in [0.2, 0.25) is 0 Å². The highest BCUT2D eigenvalue weighted by atomic mass is 19.1. The SMILES string of the molecule is NCc1ccc(C(=O)Cc2ccncc2F)cc1-c1cccc(CC(=O)OCCF)c1. The van der Waals surface area contributed by atoms with Crippen LogP contribution in [0.25, 0.3) is 11.1 Å². The fraction of sp³-hybridized carbons (Fsp3) is 0.208. The molecule has 0 aliphatic rings. The first-order valence-electron chi connectivity index (χ1n) is 9.77. The fourth-order valence-corrected chi connectivity index (χ4v) is 3.24. The average molecular weight is 424 g/mol. The number of halogens is 2. The van der Waals surface area contributed by atoms with E-state index in [4.69, 9.17) is 10.5 Å². The van der Waals surface area contributed by atoms with Gasteiger partial charge in [-0.1, -0.05) is 36.4 Å². The maximum atomic E-state index is 13.9. The molecule has 31 heavy (non-hydrogen) atoms. The highest BCUT2D eigenvalue weighted by Crippen LogP contribution is 2.27. The number of carbonyl (C=O) groups excluding carboxylic acids is 2. The van der Waals surface area contributed by atoms with Crippen molar-refractivity contribution >= 4 is 11.8 Å².